The van der Waals surface area contributed by atoms with Gasteiger partial charge in [-0.2, -0.15) is 0 Å². The Bertz CT molecular complexity index is 311. The fourth-order valence-corrected chi connectivity index (χ4v) is 1.16. The van der Waals surface area contributed by atoms with Crippen molar-refractivity contribution < 1.29 is 9.53 Å². The second kappa shape index (κ2) is 13.6. The van der Waals surface area contributed by atoms with Crippen molar-refractivity contribution in [3.63, 3.8) is 0 Å². The van der Waals surface area contributed by atoms with E-state index in [-0.39, 0.29) is 0 Å². The first-order valence-electron chi connectivity index (χ1n) is 6.68. The second-order valence-corrected chi connectivity index (χ2v) is 3.00. The van der Waals surface area contributed by atoms with Gasteiger partial charge < -0.3 is 10.1 Å². The first kappa shape index (κ1) is 18.8. The van der Waals surface area contributed by atoms with E-state index in [1.807, 2.05) is 45.9 Å². The van der Waals surface area contributed by atoms with Crippen LogP contribution in [0.2, 0.25) is 0 Å². The molecule has 0 aliphatic rings. The zero-order valence-electron chi connectivity index (χ0n) is 12.5. The molecule has 1 aromatic carbocycles. The number of alkyl carbamates (subject to hydrolysis) is 1. The highest BCUT2D eigenvalue weighted by atomic mass is 16.5. The molecule has 3 heteroatoms. The van der Waals surface area contributed by atoms with Crippen molar-refractivity contribution in [3.8, 4) is 0 Å². The average Bonchev–Trinajstić information content (AvgIpc) is 2.49. The summed E-state index contributed by atoms with van der Waals surface area (Å²) in [6.07, 6.45) is 0.597. The van der Waals surface area contributed by atoms with Crippen LogP contribution < -0.4 is 5.32 Å². The highest BCUT2D eigenvalue weighted by molar-refractivity contribution is 5.66. The Labute approximate surface area is 112 Å². The predicted octanol–water partition coefficient (Wildman–Crippen LogP) is 4.16. The minimum Gasteiger partial charge on any atom is -0.445 e. The van der Waals surface area contributed by atoms with Crippen LogP contribution in [0.1, 0.15) is 45.7 Å². The summed E-state index contributed by atoms with van der Waals surface area (Å²) in [6, 6.07) is 8.02. The predicted molar refractivity (Wildman–Crippen MR) is 77.8 cm³/mol. The molecule has 0 aromatic heterocycles. The minimum absolute atomic E-state index is 0.327. The average molecular weight is 253 g/mol. The quantitative estimate of drug-likeness (QED) is 0.878. The van der Waals surface area contributed by atoms with Crippen molar-refractivity contribution in [2.75, 3.05) is 7.05 Å². The van der Waals surface area contributed by atoms with Crippen LogP contribution in [0.4, 0.5) is 4.79 Å². The maximum Gasteiger partial charge on any atom is 0.407 e. The molecule has 0 heterocycles. The standard InChI is InChI=1S/C11H15NO2.2C2H6/c1-3-9-5-4-6-10(7-9)8-14-11(13)12-2;2*1-2/h4-7H,3,8H2,1-2H3,(H,12,13);2*1-2H3. The second-order valence-electron chi connectivity index (χ2n) is 3.00. The van der Waals surface area contributed by atoms with Crippen molar-refractivity contribution in [2.45, 2.75) is 47.6 Å². The molecule has 0 aliphatic carbocycles. The smallest absolute Gasteiger partial charge is 0.407 e. The summed E-state index contributed by atoms with van der Waals surface area (Å²) in [6.45, 7) is 10.4. The summed E-state index contributed by atoms with van der Waals surface area (Å²) in [5.41, 5.74) is 2.27. The molecule has 0 aliphatic heterocycles. The fourth-order valence-electron chi connectivity index (χ4n) is 1.16. The Morgan fingerprint density at radius 3 is 2.22 bits per heavy atom. The van der Waals surface area contributed by atoms with E-state index in [4.69, 9.17) is 4.74 Å². The summed E-state index contributed by atoms with van der Waals surface area (Å²) in [5.74, 6) is 0. The van der Waals surface area contributed by atoms with Crippen LogP contribution in [0.3, 0.4) is 0 Å². The van der Waals surface area contributed by atoms with E-state index < -0.39 is 6.09 Å². The summed E-state index contributed by atoms with van der Waals surface area (Å²) in [7, 11) is 1.55. The number of carbonyl (C=O) groups is 1. The molecule has 0 saturated carbocycles. The molecule has 0 saturated heterocycles. The number of nitrogens with one attached hydrogen (secondary N) is 1. The van der Waals surface area contributed by atoms with E-state index in [9.17, 15) is 4.79 Å². The van der Waals surface area contributed by atoms with Gasteiger partial charge in [-0.25, -0.2) is 4.79 Å². The lowest BCUT2D eigenvalue weighted by molar-refractivity contribution is 0.142. The van der Waals surface area contributed by atoms with Gasteiger partial charge in [0, 0.05) is 7.05 Å². The number of benzene rings is 1. The molecule has 0 spiro atoms. The minimum atomic E-state index is -0.396. The van der Waals surface area contributed by atoms with Crippen molar-refractivity contribution in [3.05, 3.63) is 35.4 Å². The molecule has 1 rings (SSSR count). The molecule has 1 amide bonds. The van der Waals surface area contributed by atoms with Crippen molar-refractivity contribution in [1.82, 2.24) is 5.32 Å². The molecule has 1 aromatic rings. The van der Waals surface area contributed by atoms with Gasteiger partial charge in [0.15, 0.2) is 0 Å². The van der Waals surface area contributed by atoms with Crippen molar-refractivity contribution in [2.24, 2.45) is 0 Å². The van der Waals surface area contributed by atoms with Crippen LogP contribution in [0.15, 0.2) is 24.3 Å². The topological polar surface area (TPSA) is 38.3 Å². The van der Waals surface area contributed by atoms with E-state index in [1.165, 1.54) is 5.56 Å². The van der Waals surface area contributed by atoms with Crippen LogP contribution in [0.5, 0.6) is 0 Å². The number of rotatable bonds is 3. The number of ether oxygens (including phenoxy) is 1. The number of aryl methyl sites for hydroxylation is 1. The Morgan fingerprint density at radius 2 is 1.72 bits per heavy atom. The number of hydrogen-bond donors (Lipinski definition) is 1. The van der Waals surface area contributed by atoms with Crippen molar-refractivity contribution >= 4 is 6.09 Å². The number of carbonyl (C=O) groups excluding carboxylic acids is 1. The highest BCUT2D eigenvalue weighted by Gasteiger charge is 1.99. The van der Waals surface area contributed by atoms with Gasteiger partial charge in [0.25, 0.3) is 0 Å². The lowest BCUT2D eigenvalue weighted by Crippen LogP contribution is -2.18. The molecular weight excluding hydrogens is 226 g/mol. The summed E-state index contributed by atoms with van der Waals surface area (Å²) >= 11 is 0. The number of amides is 1. The molecule has 1 N–H and O–H groups in total. The Balaban J connectivity index is 0. The lowest BCUT2D eigenvalue weighted by Gasteiger charge is -2.05. The third-order valence-corrected chi connectivity index (χ3v) is 1.97. The monoisotopic (exact) mass is 253 g/mol. The third kappa shape index (κ3) is 8.62. The number of hydrogen-bond acceptors (Lipinski definition) is 2. The van der Waals surface area contributed by atoms with E-state index in [0.29, 0.717) is 6.61 Å². The highest BCUT2D eigenvalue weighted by Crippen LogP contribution is 2.07. The molecular formula is C15H27NO2. The molecule has 0 atom stereocenters. The fraction of sp³-hybridized carbons (Fsp3) is 0.533. The van der Waals surface area contributed by atoms with E-state index in [1.54, 1.807) is 7.05 Å². The van der Waals surface area contributed by atoms with Gasteiger partial charge >= 0.3 is 6.09 Å². The van der Waals surface area contributed by atoms with E-state index in [2.05, 4.69) is 18.3 Å². The summed E-state index contributed by atoms with van der Waals surface area (Å²) in [5, 5.41) is 2.40. The van der Waals surface area contributed by atoms with Gasteiger partial charge in [0.1, 0.15) is 6.61 Å². The zero-order valence-corrected chi connectivity index (χ0v) is 12.5. The van der Waals surface area contributed by atoms with Crippen LogP contribution in [-0.2, 0) is 17.8 Å². The third-order valence-electron chi connectivity index (χ3n) is 1.97. The van der Waals surface area contributed by atoms with E-state index >= 15 is 0 Å². The molecule has 0 radical (unpaired) electrons. The van der Waals surface area contributed by atoms with Gasteiger partial charge in [0.05, 0.1) is 0 Å². The van der Waals surface area contributed by atoms with Gasteiger partial charge in [0.2, 0.25) is 0 Å². The van der Waals surface area contributed by atoms with Crippen molar-refractivity contribution in [1.29, 1.82) is 0 Å². The molecule has 18 heavy (non-hydrogen) atoms. The van der Waals surface area contributed by atoms with Crippen LogP contribution in [0.25, 0.3) is 0 Å². The van der Waals surface area contributed by atoms with Crippen LogP contribution in [0, 0.1) is 0 Å². The van der Waals surface area contributed by atoms with Crippen LogP contribution in [-0.4, -0.2) is 13.1 Å². The SMILES string of the molecule is CC.CC.CCc1cccc(COC(=O)NC)c1. The largest absolute Gasteiger partial charge is 0.445 e. The maximum absolute atomic E-state index is 10.8. The summed E-state index contributed by atoms with van der Waals surface area (Å²) < 4.78 is 4.93. The zero-order chi connectivity index (χ0) is 14.4. The van der Waals surface area contributed by atoms with E-state index in [0.717, 1.165) is 12.0 Å². The van der Waals surface area contributed by atoms with Gasteiger partial charge in [-0.05, 0) is 17.5 Å². The molecule has 3 nitrogen and oxygen atoms in total. The normalized spacial score (nSPS) is 8.11. The molecule has 0 fully saturated rings. The van der Waals surface area contributed by atoms with Gasteiger partial charge in [-0.1, -0.05) is 58.9 Å². The Morgan fingerprint density at radius 1 is 1.17 bits per heavy atom. The first-order chi connectivity index (χ1) is 8.76. The Kier molecular flexibility index (Phi) is 14.2. The van der Waals surface area contributed by atoms with Gasteiger partial charge in [-0.15, -0.1) is 0 Å². The summed E-state index contributed by atoms with van der Waals surface area (Å²) in [4.78, 5) is 10.8. The molecule has 104 valence electrons. The molecule has 0 bridgehead atoms. The molecule has 0 unspecified atom stereocenters. The lowest BCUT2D eigenvalue weighted by atomic mass is 10.1. The maximum atomic E-state index is 10.8. The Hall–Kier alpha value is -1.51. The van der Waals surface area contributed by atoms with Crippen LogP contribution >= 0.6 is 0 Å². The first-order valence-corrected chi connectivity index (χ1v) is 6.68. The van der Waals surface area contributed by atoms with Gasteiger partial charge in [-0.3, -0.25) is 0 Å².